The van der Waals surface area contributed by atoms with Crippen molar-refractivity contribution in [1.82, 2.24) is 0 Å². The largest absolute Gasteiger partial charge is 0.295 e. The Morgan fingerprint density at radius 3 is 2.21 bits per heavy atom. The Morgan fingerprint density at radius 1 is 1.21 bits per heavy atom. The van der Waals surface area contributed by atoms with Gasteiger partial charge in [-0.15, -0.1) is 0 Å². The van der Waals surface area contributed by atoms with Crippen LogP contribution in [0.5, 0.6) is 0 Å². The van der Waals surface area contributed by atoms with E-state index in [1.165, 1.54) is 11.3 Å². The van der Waals surface area contributed by atoms with E-state index in [0.29, 0.717) is 10.9 Å². The summed E-state index contributed by atoms with van der Waals surface area (Å²) in [5.74, 6) is 1.38. The normalized spacial score (nSPS) is 10.6. The number of carbonyl (C=O) groups excluding carboxylic acids is 1. The Kier molecular flexibility index (Phi) is 4.21. The van der Waals surface area contributed by atoms with Gasteiger partial charge in [0.1, 0.15) is 5.75 Å². The molecule has 76 valence electrons. The lowest BCUT2D eigenvalue weighted by Gasteiger charge is -2.00. The molecule has 0 heterocycles. The van der Waals surface area contributed by atoms with Crippen LogP contribution in [0.4, 0.5) is 0 Å². The van der Waals surface area contributed by atoms with Crippen molar-refractivity contribution in [2.24, 2.45) is 0 Å². The van der Waals surface area contributed by atoms with Gasteiger partial charge in [-0.1, -0.05) is 24.3 Å². The van der Waals surface area contributed by atoms with Crippen LogP contribution in [0.2, 0.25) is 0 Å². The highest BCUT2D eigenvalue weighted by Crippen LogP contribution is 2.06. The van der Waals surface area contributed by atoms with E-state index < -0.39 is 0 Å². The SMILES string of the molecule is CC(=O)c1ccc(CC[S+](C)C)cc1. The molecule has 0 saturated carbocycles. The Balaban J connectivity index is 2.60. The van der Waals surface area contributed by atoms with Crippen molar-refractivity contribution in [2.75, 3.05) is 18.3 Å². The van der Waals surface area contributed by atoms with Gasteiger partial charge in [-0.05, 0) is 23.4 Å². The third-order valence-corrected chi connectivity index (χ3v) is 3.18. The number of hydrogen-bond donors (Lipinski definition) is 0. The number of rotatable bonds is 4. The molecule has 2 heteroatoms. The number of hydrogen-bond acceptors (Lipinski definition) is 1. The van der Waals surface area contributed by atoms with E-state index in [-0.39, 0.29) is 5.78 Å². The summed E-state index contributed by atoms with van der Waals surface area (Å²) >= 11 is 0. The average Bonchev–Trinajstić information content (AvgIpc) is 2.15. The predicted molar refractivity (Wildman–Crippen MR) is 64.2 cm³/mol. The number of Topliss-reactive ketones (excluding diaryl/α,β-unsaturated/α-hetero) is 1. The maximum absolute atomic E-state index is 11.0. The zero-order chi connectivity index (χ0) is 10.6. The molecule has 0 bridgehead atoms. The maximum atomic E-state index is 11.0. The Morgan fingerprint density at radius 2 is 1.79 bits per heavy atom. The second-order valence-corrected chi connectivity index (χ2v) is 6.07. The number of carbonyl (C=O) groups is 1. The predicted octanol–water partition coefficient (Wildman–Crippen LogP) is 2.31. The highest BCUT2D eigenvalue weighted by molar-refractivity contribution is 7.95. The van der Waals surface area contributed by atoms with Gasteiger partial charge in [-0.3, -0.25) is 4.79 Å². The van der Waals surface area contributed by atoms with Crippen LogP contribution in [0.25, 0.3) is 0 Å². The fraction of sp³-hybridized carbons (Fsp3) is 0.417. The number of aryl methyl sites for hydroxylation is 1. The van der Waals surface area contributed by atoms with Gasteiger partial charge in [0.25, 0.3) is 0 Å². The molecule has 0 amide bonds. The molecular weight excluding hydrogens is 192 g/mol. The molecule has 0 aliphatic carbocycles. The van der Waals surface area contributed by atoms with Crippen LogP contribution in [0.15, 0.2) is 24.3 Å². The maximum Gasteiger partial charge on any atom is 0.159 e. The van der Waals surface area contributed by atoms with Gasteiger partial charge < -0.3 is 0 Å². The van der Waals surface area contributed by atoms with Crippen molar-refractivity contribution in [2.45, 2.75) is 13.3 Å². The molecule has 0 saturated heterocycles. The Hall–Kier alpha value is -0.760. The van der Waals surface area contributed by atoms with Crippen LogP contribution in [0.3, 0.4) is 0 Å². The van der Waals surface area contributed by atoms with Crippen LogP contribution >= 0.6 is 0 Å². The molecule has 14 heavy (non-hydrogen) atoms. The van der Waals surface area contributed by atoms with Crippen LogP contribution in [0, 0.1) is 0 Å². The van der Waals surface area contributed by atoms with E-state index in [2.05, 4.69) is 24.6 Å². The van der Waals surface area contributed by atoms with Crippen LogP contribution in [-0.2, 0) is 17.3 Å². The van der Waals surface area contributed by atoms with Crippen molar-refractivity contribution in [3.8, 4) is 0 Å². The fourth-order valence-electron chi connectivity index (χ4n) is 1.23. The quantitative estimate of drug-likeness (QED) is 0.549. The third-order valence-electron chi connectivity index (χ3n) is 2.16. The monoisotopic (exact) mass is 209 g/mol. The molecule has 0 fully saturated rings. The minimum atomic E-state index is 0.141. The summed E-state index contributed by atoms with van der Waals surface area (Å²) in [4.78, 5) is 11.0. The molecule has 1 nitrogen and oxygen atoms in total. The zero-order valence-corrected chi connectivity index (χ0v) is 9.86. The van der Waals surface area contributed by atoms with E-state index in [9.17, 15) is 4.79 Å². The van der Waals surface area contributed by atoms with Crippen molar-refractivity contribution in [3.05, 3.63) is 35.4 Å². The van der Waals surface area contributed by atoms with Gasteiger partial charge in [0.15, 0.2) is 5.78 Å². The molecule has 0 aliphatic heterocycles. The molecule has 0 aliphatic rings. The van der Waals surface area contributed by atoms with Gasteiger partial charge in [-0.2, -0.15) is 0 Å². The molecule has 0 radical (unpaired) electrons. The summed E-state index contributed by atoms with van der Waals surface area (Å²) in [5.41, 5.74) is 2.14. The van der Waals surface area contributed by atoms with Crippen molar-refractivity contribution in [1.29, 1.82) is 0 Å². The molecular formula is C12H17OS+. The first-order chi connectivity index (χ1) is 6.59. The van der Waals surface area contributed by atoms with Crippen molar-refractivity contribution < 1.29 is 4.79 Å². The van der Waals surface area contributed by atoms with Crippen LogP contribution in [0.1, 0.15) is 22.8 Å². The lowest BCUT2D eigenvalue weighted by molar-refractivity contribution is 0.101. The lowest BCUT2D eigenvalue weighted by atomic mass is 10.1. The summed E-state index contributed by atoms with van der Waals surface area (Å²) in [6.45, 7) is 1.60. The molecule has 0 aromatic heterocycles. The smallest absolute Gasteiger partial charge is 0.159 e. The minimum Gasteiger partial charge on any atom is -0.295 e. The second kappa shape index (κ2) is 5.20. The zero-order valence-electron chi connectivity index (χ0n) is 9.04. The first-order valence-corrected chi connectivity index (χ1v) is 6.94. The van der Waals surface area contributed by atoms with Crippen molar-refractivity contribution in [3.63, 3.8) is 0 Å². The van der Waals surface area contributed by atoms with Crippen LogP contribution in [-0.4, -0.2) is 24.0 Å². The summed E-state index contributed by atoms with van der Waals surface area (Å²) in [7, 11) is 0.503. The molecule has 0 spiro atoms. The first-order valence-electron chi connectivity index (χ1n) is 4.73. The van der Waals surface area contributed by atoms with E-state index in [4.69, 9.17) is 0 Å². The molecule has 1 rings (SSSR count). The lowest BCUT2D eigenvalue weighted by Crippen LogP contribution is -2.04. The standard InChI is InChI=1S/C12H17OS/c1-10(13)12-6-4-11(5-7-12)8-9-14(2)3/h4-7H,8-9H2,1-3H3/q+1. The fourth-order valence-corrected chi connectivity index (χ4v) is 1.87. The van der Waals surface area contributed by atoms with E-state index in [0.717, 1.165) is 12.0 Å². The highest BCUT2D eigenvalue weighted by Gasteiger charge is 2.03. The summed E-state index contributed by atoms with van der Waals surface area (Å²) in [6.07, 6.45) is 5.63. The van der Waals surface area contributed by atoms with E-state index in [1.54, 1.807) is 6.92 Å². The molecule has 0 atom stereocenters. The summed E-state index contributed by atoms with van der Waals surface area (Å²) in [6, 6.07) is 7.95. The highest BCUT2D eigenvalue weighted by atomic mass is 32.2. The number of ketones is 1. The third kappa shape index (κ3) is 3.54. The molecule has 1 aromatic rings. The Labute approximate surface area is 88.9 Å². The van der Waals surface area contributed by atoms with Gasteiger partial charge in [0, 0.05) is 12.0 Å². The second-order valence-electron chi connectivity index (χ2n) is 3.69. The molecule has 0 unspecified atom stereocenters. The van der Waals surface area contributed by atoms with E-state index >= 15 is 0 Å². The average molecular weight is 209 g/mol. The Bertz CT molecular complexity index is 301. The summed E-state index contributed by atoms with van der Waals surface area (Å²) < 4.78 is 0. The topological polar surface area (TPSA) is 17.1 Å². The van der Waals surface area contributed by atoms with Crippen LogP contribution < -0.4 is 0 Å². The molecule has 1 aromatic carbocycles. The summed E-state index contributed by atoms with van der Waals surface area (Å²) in [5, 5.41) is 0. The molecule has 0 N–H and O–H groups in total. The van der Waals surface area contributed by atoms with Crippen molar-refractivity contribution >= 4 is 16.7 Å². The first kappa shape index (κ1) is 11.3. The van der Waals surface area contributed by atoms with E-state index in [1.807, 2.05) is 12.1 Å². The van der Waals surface area contributed by atoms with Gasteiger partial charge in [-0.25, -0.2) is 0 Å². The van der Waals surface area contributed by atoms with Gasteiger partial charge in [0.2, 0.25) is 0 Å². The van der Waals surface area contributed by atoms with Gasteiger partial charge in [0.05, 0.1) is 12.5 Å². The minimum absolute atomic E-state index is 0.141. The number of benzene rings is 1. The van der Waals surface area contributed by atoms with Gasteiger partial charge >= 0.3 is 0 Å².